The average Bonchev–Trinajstić information content (AvgIpc) is 2.45. The number of aromatic nitrogens is 2. The standard InChI is InChI=1S/C10H14F2N2O2/c1-10(11,12)16-8-3-7(4-8)15-9-5-13-14(2)6-9/h5-8H,3-4H2,1-2H3. The first-order valence-corrected chi connectivity index (χ1v) is 5.13. The molecule has 6 heteroatoms. The molecular weight excluding hydrogens is 218 g/mol. The molecule has 0 spiro atoms. The topological polar surface area (TPSA) is 36.3 Å². The van der Waals surface area contributed by atoms with Crippen molar-refractivity contribution in [3.8, 4) is 5.75 Å². The minimum absolute atomic E-state index is 0.0449. The summed E-state index contributed by atoms with van der Waals surface area (Å²) in [6.07, 6.45) is 0.837. The van der Waals surface area contributed by atoms with Crippen LogP contribution < -0.4 is 4.74 Å². The molecule has 0 amide bonds. The van der Waals surface area contributed by atoms with Gasteiger partial charge in [-0.25, -0.2) is 0 Å². The summed E-state index contributed by atoms with van der Waals surface area (Å²) >= 11 is 0. The van der Waals surface area contributed by atoms with Crippen molar-refractivity contribution in [1.29, 1.82) is 0 Å². The van der Waals surface area contributed by atoms with Gasteiger partial charge in [-0.2, -0.15) is 13.9 Å². The molecule has 1 aromatic heterocycles. The maximum Gasteiger partial charge on any atom is 0.353 e. The van der Waals surface area contributed by atoms with Gasteiger partial charge in [0, 0.05) is 26.8 Å². The lowest BCUT2D eigenvalue weighted by Gasteiger charge is -2.35. The first-order valence-electron chi connectivity index (χ1n) is 5.13. The fourth-order valence-corrected chi connectivity index (χ4v) is 1.65. The van der Waals surface area contributed by atoms with Crippen molar-refractivity contribution in [2.75, 3.05) is 0 Å². The number of halogens is 2. The van der Waals surface area contributed by atoms with Gasteiger partial charge in [-0.1, -0.05) is 0 Å². The Kier molecular flexibility index (Phi) is 2.84. The van der Waals surface area contributed by atoms with Crippen LogP contribution in [0.2, 0.25) is 0 Å². The summed E-state index contributed by atoms with van der Waals surface area (Å²) in [5, 5.41) is 3.95. The van der Waals surface area contributed by atoms with Crippen LogP contribution in [0.1, 0.15) is 19.8 Å². The van der Waals surface area contributed by atoms with E-state index < -0.39 is 12.2 Å². The molecule has 1 aromatic rings. The molecule has 4 nitrogen and oxygen atoms in total. The van der Waals surface area contributed by atoms with Gasteiger partial charge in [0.25, 0.3) is 0 Å². The normalized spacial score (nSPS) is 25.2. The summed E-state index contributed by atoms with van der Waals surface area (Å²) in [6, 6.07) is 0. The zero-order valence-electron chi connectivity index (χ0n) is 9.19. The summed E-state index contributed by atoms with van der Waals surface area (Å²) in [7, 11) is 1.79. The van der Waals surface area contributed by atoms with Crippen LogP contribution >= 0.6 is 0 Å². The number of ether oxygens (including phenoxy) is 2. The lowest BCUT2D eigenvalue weighted by Crippen LogP contribution is -2.42. The van der Waals surface area contributed by atoms with Gasteiger partial charge < -0.3 is 9.47 Å². The highest BCUT2D eigenvalue weighted by Gasteiger charge is 2.37. The average molecular weight is 232 g/mol. The summed E-state index contributed by atoms with van der Waals surface area (Å²) in [5.41, 5.74) is 0. The largest absolute Gasteiger partial charge is 0.487 e. The fraction of sp³-hybridized carbons (Fsp3) is 0.700. The van der Waals surface area contributed by atoms with Crippen LogP contribution in [0.3, 0.4) is 0 Å². The van der Waals surface area contributed by atoms with Crippen molar-refractivity contribution < 1.29 is 18.3 Å². The molecule has 16 heavy (non-hydrogen) atoms. The van der Waals surface area contributed by atoms with Gasteiger partial charge in [0.15, 0.2) is 5.75 Å². The number of hydrogen-bond donors (Lipinski definition) is 0. The Morgan fingerprint density at radius 1 is 1.44 bits per heavy atom. The summed E-state index contributed by atoms with van der Waals surface area (Å²) in [6.45, 7) is 0.752. The van der Waals surface area contributed by atoms with Gasteiger partial charge in [-0.05, 0) is 0 Å². The van der Waals surface area contributed by atoms with Gasteiger partial charge in [-0.3, -0.25) is 4.68 Å². The third kappa shape index (κ3) is 2.91. The monoisotopic (exact) mass is 232 g/mol. The lowest BCUT2D eigenvalue weighted by atomic mass is 9.92. The van der Waals surface area contributed by atoms with Crippen LogP contribution in [0.15, 0.2) is 12.4 Å². The van der Waals surface area contributed by atoms with Gasteiger partial charge in [0.1, 0.15) is 6.10 Å². The van der Waals surface area contributed by atoms with Crippen molar-refractivity contribution in [2.45, 2.75) is 38.1 Å². The van der Waals surface area contributed by atoms with E-state index in [1.807, 2.05) is 0 Å². The highest BCUT2D eigenvalue weighted by Crippen LogP contribution is 2.31. The molecule has 0 saturated heterocycles. The summed E-state index contributed by atoms with van der Waals surface area (Å²) in [5.74, 6) is 0.661. The van der Waals surface area contributed by atoms with Gasteiger partial charge in [0.05, 0.1) is 18.5 Å². The van der Waals surface area contributed by atoms with E-state index in [4.69, 9.17) is 4.74 Å². The van der Waals surface area contributed by atoms with Gasteiger partial charge in [0.2, 0.25) is 0 Å². The Bertz CT molecular complexity index is 356. The van der Waals surface area contributed by atoms with E-state index in [0.717, 1.165) is 6.92 Å². The number of nitrogens with zero attached hydrogens (tertiary/aromatic N) is 2. The van der Waals surface area contributed by atoms with Crippen molar-refractivity contribution in [3.05, 3.63) is 12.4 Å². The van der Waals surface area contributed by atoms with Crippen LogP contribution in [0.25, 0.3) is 0 Å². The SMILES string of the molecule is Cn1cc(OC2CC(OC(C)(F)F)C2)cn1. The molecule has 0 aromatic carbocycles. The van der Waals surface area contributed by atoms with E-state index in [1.54, 1.807) is 24.1 Å². The molecule has 1 fully saturated rings. The second-order valence-corrected chi connectivity index (χ2v) is 4.11. The Morgan fingerprint density at radius 2 is 2.12 bits per heavy atom. The minimum Gasteiger partial charge on any atom is -0.487 e. The number of alkyl halides is 2. The Labute approximate surface area is 92.1 Å². The van der Waals surface area contributed by atoms with Crippen molar-refractivity contribution in [2.24, 2.45) is 7.05 Å². The fourth-order valence-electron chi connectivity index (χ4n) is 1.65. The molecule has 1 saturated carbocycles. The first kappa shape index (κ1) is 11.3. The molecule has 1 aliphatic carbocycles. The zero-order valence-corrected chi connectivity index (χ0v) is 9.19. The molecule has 0 unspecified atom stereocenters. The van der Waals surface area contributed by atoms with Crippen LogP contribution in [0.5, 0.6) is 5.75 Å². The smallest absolute Gasteiger partial charge is 0.353 e. The third-order valence-corrected chi connectivity index (χ3v) is 2.41. The molecule has 1 heterocycles. The summed E-state index contributed by atoms with van der Waals surface area (Å²) < 4.78 is 36.6. The first-order chi connectivity index (χ1) is 7.42. The van der Waals surface area contributed by atoms with Crippen molar-refractivity contribution in [1.82, 2.24) is 9.78 Å². The molecule has 0 N–H and O–H groups in total. The molecule has 0 aliphatic heterocycles. The van der Waals surface area contributed by atoms with E-state index in [-0.39, 0.29) is 6.10 Å². The van der Waals surface area contributed by atoms with Gasteiger partial charge in [-0.15, -0.1) is 0 Å². The number of aryl methyl sites for hydroxylation is 1. The Morgan fingerprint density at radius 3 is 2.62 bits per heavy atom. The minimum atomic E-state index is -3.05. The molecule has 2 rings (SSSR count). The molecule has 90 valence electrons. The molecule has 0 bridgehead atoms. The maximum atomic E-state index is 12.5. The van der Waals surface area contributed by atoms with Crippen LogP contribution in [0.4, 0.5) is 8.78 Å². The van der Waals surface area contributed by atoms with E-state index in [9.17, 15) is 8.78 Å². The number of hydrogen-bond acceptors (Lipinski definition) is 3. The highest BCUT2D eigenvalue weighted by atomic mass is 19.3. The molecule has 0 radical (unpaired) electrons. The quantitative estimate of drug-likeness (QED) is 0.796. The molecule has 0 atom stereocenters. The zero-order chi connectivity index (χ0) is 11.8. The molecule has 1 aliphatic rings. The Hall–Kier alpha value is -1.17. The second-order valence-electron chi connectivity index (χ2n) is 4.11. The molecular formula is C10H14F2N2O2. The summed E-state index contributed by atoms with van der Waals surface area (Å²) in [4.78, 5) is 0. The Balaban J connectivity index is 1.73. The van der Waals surface area contributed by atoms with Crippen molar-refractivity contribution in [3.63, 3.8) is 0 Å². The van der Waals surface area contributed by atoms with Crippen LogP contribution in [-0.4, -0.2) is 28.1 Å². The van der Waals surface area contributed by atoms with Crippen molar-refractivity contribution >= 4 is 0 Å². The second kappa shape index (κ2) is 4.01. The third-order valence-electron chi connectivity index (χ3n) is 2.41. The predicted octanol–water partition coefficient (Wildman–Crippen LogP) is 1.96. The maximum absolute atomic E-state index is 12.5. The van der Waals surface area contributed by atoms with E-state index in [2.05, 4.69) is 9.84 Å². The number of rotatable bonds is 4. The van der Waals surface area contributed by atoms with Crippen LogP contribution in [-0.2, 0) is 11.8 Å². The lowest BCUT2D eigenvalue weighted by molar-refractivity contribution is -0.271. The van der Waals surface area contributed by atoms with Crippen LogP contribution in [0, 0.1) is 0 Å². The van der Waals surface area contributed by atoms with Gasteiger partial charge >= 0.3 is 6.11 Å². The van der Waals surface area contributed by atoms with E-state index in [1.165, 1.54) is 0 Å². The van der Waals surface area contributed by atoms with E-state index in [0.29, 0.717) is 18.6 Å². The van der Waals surface area contributed by atoms with E-state index >= 15 is 0 Å². The highest BCUT2D eigenvalue weighted by molar-refractivity contribution is 5.12. The predicted molar refractivity (Wildman–Crippen MR) is 52.4 cm³/mol.